The number of hydrogen-bond acceptors (Lipinski definition) is 6. The summed E-state index contributed by atoms with van der Waals surface area (Å²) in [6, 6.07) is 8.44. The molecule has 0 atom stereocenters. The summed E-state index contributed by atoms with van der Waals surface area (Å²) in [5.41, 5.74) is 3.41. The quantitative estimate of drug-likeness (QED) is 0.655. The minimum atomic E-state index is -3.53. The lowest BCUT2D eigenvalue weighted by atomic mass is 10.2. The average molecular weight is 430 g/mol. The molecule has 3 aromatic rings. The summed E-state index contributed by atoms with van der Waals surface area (Å²) in [6.07, 6.45) is 1.50. The van der Waals surface area contributed by atoms with Crippen LogP contribution in [0, 0.1) is 13.8 Å². The standard InChI is InChI=1S/C20H23N5O4S/c1-14-11-15(2)25-19(23-14)18(13-22-25)20(26)21-12-16-3-5-17(6-4-16)30(27,28)24-7-9-29-10-8-24/h3-6,11,13H,7-10,12H2,1-2H3,(H,21,26). The predicted octanol–water partition coefficient (Wildman–Crippen LogP) is 1.30. The number of carbonyl (C=O) groups excluding carboxylic acids is 1. The number of benzene rings is 1. The van der Waals surface area contributed by atoms with Crippen molar-refractivity contribution in [3.63, 3.8) is 0 Å². The summed E-state index contributed by atoms with van der Waals surface area (Å²) >= 11 is 0. The van der Waals surface area contributed by atoms with E-state index in [2.05, 4.69) is 15.4 Å². The molecule has 1 N–H and O–H groups in total. The molecule has 0 spiro atoms. The van der Waals surface area contributed by atoms with Crippen LogP contribution in [0.1, 0.15) is 27.3 Å². The van der Waals surface area contributed by atoms with Crippen LogP contribution in [0.5, 0.6) is 0 Å². The highest BCUT2D eigenvalue weighted by molar-refractivity contribution is 7.89. The molecule has 30 heavy (non-hydrogen) atoms. The molecule has 4 rings (SSSR count). The van der Waals surface area contributed by atoms with Gasteiger partial charge in [0.05, 0.1) is 24.3 Å². The fourth-order valence-electron chi connectivity index (χ4n) is 3.42. The lowest BCUT2D eigenvalue weighted by Crippen LogP contribution is -2.40. The normalized spacial score (nSPS) is 15.4. The van der Waals surface area contributed by atoms with Gasteiger partial charge in [-0.1, -0.05) is 12.1 Å². The number of aromatic nitrogens is 3. The van der Waals surface area contributed by atoms with Crippen LogP contribution in [-0.2, 0) is 21.3 Å². The van der Waals surface area contributed by atoms with Crippen LogP contribution in [0.2, 0.25) is 0 Å². The Bertz CT molecular complexity index is 1180. The van der Waals surface area contributed by atoms with E-state index in [1.807, 2.05) is 19.9 Å². The Kier molecular flexibility index (Phi) is 5.54. The number of fused-ring (bicyclic) bond motifs is 1. The van der Waals surface area contributed by atoms with Crippen molar-refractivity contribution in [1.82, 2.24) is 24.2 Å². The maximum Gasteiger partial charge on any atom is 0.257 e. The summed E-state index contributed by atoms with van der Waals surface area (Å²) in [6.45, 7) is 5.55. The second-order valence-corrected chi connectivity index (χ2v) is 9.11. The third-order valence-electron chi connectivity index (χ3n) is 5.01. The van der Waals surface area contributed by atoms with Crippen molar-refractivity contribution in [3.8, 4) is 0 Å². The average Bonchev–Trinajstić information content (AvgIpc) is 3.17. The Labute approximate surface area is 174 Å². The Morgan fingerprint density at radius 3 is 2.57 bits per heavy atom. The van der Waals surface area contributed by atoms with Crippen molar-refractivity contribution < 1.29 is 17.9 Å². The summed E-state index contributed by atoms with van der Waals surface area (Å²) in [5, 5.41) is 7.08. The molecule has 1 aromatic carbocycles. The van der Waals surface area contributed by atoms with E-state index in [9.17, 15) is 13.2 Å². The Balaban J connectivity index is 1.45. The first-order valence-electron chi connectivity index (χ1n) is 9.63. The first kappa shape index (κ1) is 20.5. The molecular formula is C20H23N5O4S. The molecule has 1 aliphatic heterocycles. The molecular weight excluding hydrogens is 406 g/mol. The van der Waals surface area contributed by atoms with Gasteiger partial charge >= 0.3 is 0 Å². The second kappa shape index (κ2) is 8.13. The Morgan fingerprint density at radius 2 is 1.87 bits per heavy atom. The van der Waals surface area contributed by atoms with Gasteiger partial charge in [-0.3, -0.25) is 4.79 Å². The molecule has 1 amide bonds. The molecule has 1 aliphatic rings. The van der Waals surface area contributed by atoms with E-state index in [-0.39, 0.29) is 17.3 Å². The fourth-order valence-corrected chi connectivity index (χ4v) is 4.83. The second-order valence-electron chi connectivity index (χ2n) is 7.18. The molecule has 1 fully saturated rings. The summed E-state index contributed by atoms with van der Waals surface area (Å²) in [4.78, 5) is 17.3. The van der Waals surface area contributed by atoms with E-state index < -0.39 is 10.0 Å². The van der Waals surface area contributed by atoms with Crippen molar-refractivity contribution >= 4 is 21.6 Å². The third kappa shape index (κ3) is 3.93. The summed E-state index contributed by atoms with van der Waals surface area (Å²) in [5.74, 6) is -0.285. The molecule has 0 radical (unpaired) electrons. The first-order chi connectivity index (χ1) is 14.4. The molecule has 0 unspecified atom stereocenters. The van der Waals surface area contributed by atoms with Gasteiger partial charge in [0.15, 0.2) is 5.65 Å². The maximum atomic E-state index is 12.7. The number of nitrogens with zero attached hydrogens (tertiary/aromatic N) is 4. The highest BCUT2D eigenvalue weighted by atomic mass is 32.2. The SMILES string of the molecule is Cc1cc(C)n2ncc(C(=O)NCc3ccc(S(=O)(=O)N4CCOCC4)cc3)c2n1. The fraction of sp³-hybridized carbons (Fsp3) is 0.350. The monoisotopic (exact) mass is 429 g/mol. The van der Waals surface area contributed by atoms with Gasteiger partial charge in [-0.05, 0) is 37.6 Å². The maximum absolute atomic E-state index is 12.7. The van der Waals surface area contributed by atoms with Crippen molar-refractivity contribution in [1.29, 1.82) is 0 Å². The highest BCUT2D eigenvalue weighted by Crippen LogP contribution is 2.18. The van der Waals surface area contributed by atoms with Crippen LogP contribution < -0.4 is 5.32 Å². The lowest BCUT2D eigenvalue weighted by molar-refractivity contribution is 0.0730. The van der Waals surface area contributed by atoms with E-state index in [1.54, 1.807) is 28.8 Å². The van der Waals surface area contributed by atoms with Crippen LogP contribution in [0.3, 0.4) is 0 Å². The van der Waals surface area contributed by atoms with Crippen LogP contribution >= 0.6 is 0 Å². The third-order valence-corrected chi connectivity index (χ3v) is 6.92. The summed E-state index contributed by atoms with van der Waals surface area (Å²) in [7, 11) is -3.53. The Hall–Kier alpha value is -2.82. The number of carbonyl (C=O) groups is 1. The minimum Gasteiger partial charge on any atom is -0.379 e. The topological polar surface area (TPSA) is 106 Å². The number of nitrogens with one attached hydrogen (secondary N) is 1. The van der Waals surface area contributed by atoms with Gasteiger partial charge < -0.3 is 10.1 Å². The number of aryl methyl sites for hydroxylation is 2. The van der Waals surface area contributed by atoms with Gasteiger partial charge in [0.25, 0.3) is 5.91 Å². The van der Waals surface area contributed by atoms with Gasteiger partial charge in [-0.25, -0.2) is 17.9 Å². The molecule has 10 heteroatoms. The van der Waals surface area contributed by atoms with Crippen molar-refractivity contribution in [2.45, 2.75) is 25.3 Å². The number of ether oxygens (including phenoxy) is 1. The van der Waals surface area contributed by atoms with E-state index >= 15 is 0 Å². The summed E-state index contributed by atoms with van der Waals surface area (Å²) < 4.78 is 33.6. The van der Waals surface area contributed by atoms with Crippen LogP contribution in [0.15, 0.2) is 41.4 Å². The van der Waals surface area contributed by atoms with Crippen molar-refractivity contribution in [3.05, 3.63) is 59.0 Å². The molecule has 9 nitrogen and oxygen atoms in total. The van der Waals surface area contributed by atoms with E-state index in [0.29, 0.717) is 37.5 Å². The van der Waals surface area contributed by atoms with Crippen LogP contribution in [-0.4, -0.2) is 59.5 Å². The number of hydrogen-bond donors (Lipinski definition) is 1. The van der Waals surface area contributed by atoms with E-state index in [1.165, 1.54) is 10.5 Å². The first-order valence-corrected chi connectivity index (χ1v) is 11.1. The molecule has 1 saturated heterocycles. The molecule has 158 valence electrons. The molecule has 3 heterocycles. The van der Waals surface area contributed by atoms with Crippen molar-refractivity contribution in [2.75, 3.05) is 26.3 Å². The smallest absolute Gasteiger partial charge is 0.257 e. The van der Waals surface area contributed by atoms with Gasteiger partial charge in [0.1, 0.15) is 5.56 Å². The predicted molar refractivity (Wildman–Crippen MR) is 110 cm³/mol. The molecule has 0 bridgehead atoms. The number of sulfonamides is 1. The van der Waals surface area contributed by atoms with Gasteiger partial charge in [0.2, 0.25) is 10.0 Å². The molecule has 2 aromatic heterocycles. The number of amides is 1. The number of morpholine rings is 1. The van der Waals surface area contributed by atoms with Gasteiger partial charge in [-0.15, -0.1) is 0 Å². The van der Waals surface area contributed by atoms with Crippen LogP contribution in [0.4, 0.5) is 0 Å². The van der Waals surface area contributed by atoms with Gasteiger partial charge in [0, 0.05) is 31.0 Å². The zero-order valence-corrected chi connectivity index (χ0v) is 17.6. The Morgan fingerprint density at radius 1 is 1.17 bits per heavy atom. The van der Waals surface area contributed by atoms with E-state index in [4.69, 9.17) is 4.74 Å². The molecule has 0 aliphatic carbocycles. The highest BCUT2D eigenvalue weighted by Gasteiger charge is 2.26. The van der Waals surface area contributed by atoms with Crippen molar-refractivity contribution in [2.24, 2.45) is 0 Å². The number of rotatable bonds is 5. The zero-order valence-electron chi connectivity index (χ0n) is 16.8. The van der Waals surface area contributed by atoms with E-state index in [0.717, 1.165) is 17.0 Å². The zero-order chi connectivity index (χ0) is 21.3. The van der Waals surface area contributed by atoms with Gasteiger partial charge in [-0.2, -0.15) is 9.40 Å². The molecule has 0 saturated carbocycles. The van der Waals surface area contributed by atoms with Crippen LogP contribution in [0.25, 0.3) is 5.65 Å². The lowest BCUT2D eigenvalue weighted by Gasteiger charge is -2.26. The largest absolute Gasteiger partial charge is 0.379 e. The minimum absolute atomic E-state index is 0.234.